The topological polar surface area (TPSA) is 78.5 Å². The van der Waals surface area contributed by atoms with Gasteiger partial charge in [-0.15, -0.1) is 12.4 Å². The third kappa shape index (κ3) is 5.19. The number of amides is 1. The number of rotatable bonds is 5. The molecule has 0 bridgehead atoms. The Labute approximate surface area is 162 Å². The van der Waals surface area contributed by atoms with Crippen LogP contribution in [0.1, 0.15) is 37.7 Å². The van der Waals surface area contributed by atoms with E-state index in [1.54, 1.807) is 28.6 Å². The number of nitrogens with one attached hydrogen (secondary N) is 2. The van der Waals surface area contributed by atoms with Crippen LogP contribution >= 0.6 is 12.4 Å². The van der Waals surface area contributed by atoms with Gasteiger partial charge >= 0.3 is 0 Å². The molecule has 2 N–H and O–H groups in total. The Morgan fingerprint density at radius 3 is 2.42 bits per heavy atom. The lowest BCUT2D eigenvalue weighted by Gasteiger charge is -2.26. The van der Waals surface area contributed by atoms with E-state index in [1.165, 1.54) is 0 Å². The van der Waals surface area contributed by atoms with Crippen LogP contribution in [-0.2, 0) is 21.4 Å². The zero-order valence-electron chi connectivity index (χ0n) is 14.9. The lowest BCUT2D eigenvalue weighted by Crippen LogP contribution is -2.40. The summed E-state index contributed by atoms with van der Waals surface area (Å²) in [6, 6.07) is 6.87. The molecular weight excluding hydrogens is 374 g/mol. The van der Waals surface area contributed by atoms with Crippen molar-refractivity contribution in [2.24, 2.45) is 5.92 Å². The smallest absolute Gasteiger partial charge is 0.243 e. The Morgan fingerprint density at radius 1 is 1.12 bits per heavy atom. The third-order valence-electron chi connectivity index (χ3n) is 5.01. The summed E-state index contributed by atoms with van der Waals surface area (Å²) in [7, 11) is -3.39. The largest absolute Gasteiger partial charge is 0.352 e. The first-order chi connectivity index (χ1) is 12.1. The molecule has 2 aliphatic heterocycles. The van der Waals surface area contributed by atoms with Crippen molar-refractivity contribution in [1.82, 2.24) is 14.9 Å². The Kier molecular flexibility index (Phi) is 7.88. The van der Waals surface area contributed by atoms with E-state index in [9.17, 15) is 13.2 Å². The van der Waals surface area contributed by atoms with Gasteiger partial charge in [0.25, 0.3) is 0 Å². The minimum Gasteiger partial charge on any atom is -0.352 e. The zero-order chi connectivity index (χ0) is 17.7. The highest BCUT2D eigenvalue weighted by Gasteiger charge is 2.25. The maximum absolute atomic E-state index is 12.6. The van der Waals surface area contributed by atoms with Crippen LogP contribution in [0.4, 0.5) is 0 Å². The quantitative estimate of drug-likeness (QED) is 0.789. The Hall–Kier alpha value is -1.15. The van der Waals surface area contributed by atoms with Gasteiger partial charge in [-0.2, -0.15) is 4.31 Å². The molecule has 1 aromatic rings. The van der Waals surface area contributed by atoms with Gasteiger partial charge in [-0.3, -0.25) is 4.79 Å². The zero-order valence-corrected chi connectivity index (χ0v) is 16.6. The van der Waals surface area contributed by atoms with E-state index in [-0.39, 0.29) is 24.2 Å². The van der Waals surface area contributed by atoms with Crippen molar-refractivity contribution in [1.29, 1.82) is 0 Å². The van der Waals surface area contributed by atoms with Crippen LogP contribution in [0.15, 0.2) is 29.2 Å². The fourth-order valence-electron chi connectivity index (χ4n) is 3.44. The molecule has 6 nitrogen and oxygen atoms in total. The van der Waals surface area contributed by atoms with Crippen LogP contribution in [0.3, 0.4) is 0 Å². The molecule has 0 saturated carbocycles. The molecule has 26 heavy (non-hydrogen) atoms. The van der Waals surface area contributed by atoms with Gasteiger partial charge in [0.2, 0.25) is 15.9 Å². The predicted octanol–water partition coefficient (Wildman–Crippen LogP) is 1.90. The number of hydrogen-bond acceptors (Lipinski definition) is 4. The number of nitrogens with zero attached hydrogens (tertiary/aromatic N) is 1. The molecule has 0 aromatic heterocycles. The van der Waals surface area contributed by atoms with Crippen molar-refractivity contribution in [3.8, 4) is 0 Å². The van der Waals surface area contributed by atoms with E-state index >= 15 is 0 Å². The van der Waals surface area contributed by atoms with Crippen molar-refractivity contribution in [3.63, 3.8) is 0 Å². The predicted molar refractivity (Wildman–Crippen MR) is 104 cm³/mol. The number of hydrogen-bond donors (Lipinski definition) is 2. The molecule has 1 amide bonds. The van der Waals surface area contributed by atoms with E-state index in [1.807, 2.05) is 0 Å². The van der Waals surface area contributed by atoms with Crippen molar-refractivity contribution in [2.75, 3.05) is 26.2 Å². The van der Waals surface area contributed by atoms with Crippen LogP contribution in [0.25, 0.3) is 0 Å². The molecule has 2 aliphatic rings. The van der Waals surface area contributed by atoms with E-state index < -0.39 is 10.0 Å². The summed E-state index contributed by atoms with van der Waals surface area (Å²) >= 11 is 0. The minimum atomic E-state index is -3.39. The monoisotopic (exact) mass is 401 g/mol. The summed E-state index contributed by atoms with van der Waals surface area (Å²) < 4.78 is 26.8. The van der Waals surface area contributed by atoms with Gasteiger partial charge in [0, 0.05) is 26.2 Å². The van der Waals surface area contributed by atoms with Gasteiger partial charge in [0.1, 0.15) is 0 Å². The first kappa shape index (κ1) is 21.2. The van der Waals surface area contributed by atoms with Gasteiger partial charge in [0.05, 0.1) is 10.8 Å². The van der Waals surface area contributed by atoms with Gasteiger partial charge in [0.15, 0.2) is 0 Å². The molecule has 3 rings (SSSR count). The average molecular weight is 402 g/mol. The van der Waals surface area contributed by atoms with Crippen molar-refractivity contribution >= 4 is 28.3 Å². The van der Waals surface area contributed by atoms with Crippen molar-refractivity contribution < 1.29 is 13.2 Å². The Morgan fingerprint density at radius 2 is 1.81 bits per heavy atom. The Bertz CT molecular complexity index is 682. The molecule has 0 aliphatic carbocycles. The molecule has 0 radical (unpaired) electrons. The highest BCUT2D eigenvalue weighted by molar-refractivity contribution is 7.89. The SMILES string of the molecule is Cl.O=C(NCc1ccc(S(=O)(=O)N2CCCCC2)cc1)C1CCCNC1. The lowest BCUT2D eigenvalue weighted by molar-refractivity contribution is -0.125. The fourth-order valence-corrected chi connectivity index (χ4v) is 4.96. The van der Waals surface area contributed by atoms with Crippen LogP contribution in [0, 0.1) is 5.92 Å². The fraction of sp³-hybridized carbons (Fsp3) is 0.611. The number of benzene rings is 1. The van der Waals surface area contributed by atoms with Gasteiger partial charge in [-0.05, 0) is 49.9 Å². The standard InChI is InChI=1S/C18H27N3O3S.ClH/c22-18(16-5-4-10-19-14-16)20-13-15-6-8-17(9-7-15)25(23,24)21-11-2-1-3-12-21;/h6-9,16,19H,1-5,10-14H2,(H,20,22);1H. The number of sulfonamides is 1. The van der Waals surface area contributed by atoms with E-state index in [0.29, 0.717) is 24.5 Å². The molecule has 2 heterocycles. The first-order valence-electron chi connectivity index (χ1n) is 9.15. The molecule has 8 heteroatoms. The second kappa shape index (κ2) is 9.69. The average Bonchev–Trinajstić information content (AvgIpc) is 2.68. The van der Waals surface area contributed by atoms with Gasteiger partial charge in [-0.1, -0.05) is 18.6 Å². The van der Waals surface area contributed by atoms with E-state index in [0.717, 1.165) is 50.8 Å². The number of piperidine rings is 2. The number of carbonyl (C=O) groups excluding carboxylic acids is 1. The summed E-state index contributed by atoms with van der Waals surface area (Å²) in [4.78, 5) is 12.5. The summed E-state index contributed by atoms with van der Waals surface area (Å²) in [6.07, 6.45) is 4.91. The van der Waals surface area contributed by atoms with Crippen molar-refractivity contribution in [2.45, 2.75) is 43.5 Å². The summed E-state index contributed by atoms with van der Waals surface area (Å²) in [6.45, 7) is 3.36. The second-order valence-electron chi connectivity index (χ2n) is 6.87. The molecule has 1 aromatic carbocycles. The highest BCUT2D eigenvalue weighted by Crippen LogP contribution is 2.21. The molecule has 1 atom stereocenters. The maximum atomic E-state index is 12.6. The summed E-state index contributed by atoms with van der Waals surface area (Å²) in [5, 5.41) is 6.19. The normalized spacial score (nSPS) is 21.6. The minimum absolute atomic E-state index is 0. The summed E-state index contributed by atoms with van der Waals surface area (Å²) in [5.74, 6) is 0.102. The highest BCUT2D eigenvalue weighted by atomic mass is 35.5. The molecular formula is C18H28ClN3O3S. The number of carbonyl (C=O) groups is 1. The van der Waals surface area contributed by atoms with Gasteiger partial charge in [-0.25, -0.2) is 8.42 Å². The van der Waals surface area contributed by atoms with Crippen LogP contribution in [0.2, 0.25) is 0 Å². The van der Waals surface area contributed by atoms with Crippen LogP contribution in [-0.4, -0.2) is 44.8 Å². The molecule has 2 fully saturated rings. The van der Waals surface area contributed by atoms with Crippen molar-refractivity contribution in [3.05, 3.63) is 29.8 Å². The lowest BCUT2D eigenvalue weighted by atomic mass is 9.99. The summed E-state index contributed by atoms with van der Waals surface area (Å²) in [5.41, 5.74) is 0.912. The molecule has 1 unspecified atom stereocenters. The molecule has 2 saturated heterocycles. The maximum Gasteiger partial charge on any atom is 0.243 e. The van der Waals surface area contributed by atoms with Crippen LogP contribution < -0.4 is 10.6 Å². The first-order valence-corrected chi connectivity index (χ1v) is 10.6. The Balaban J connectivity index is 0.00000243. The van der Waals surface area contributed by atoms with Gasteiger partial charge < -0.3 is 10.6 Å². The second-order valence-corrected chi connectivity index (χ2v) is 8.81. The van der Waals surface area contributed by atoms with Crippen LogP contribution in [0.5, 0.6) is 0 Å². The molecule has 146 valence electrons. The van der Waals surface area contributed by atoms with E-state index in [2.05, 4.69) is 10.6 Å². The third-order valence-corrected chi connectivity index (χ3v) is 6.92. The number of halogens is 1. The molecule has 0 spiro atoms. The van der Waals surface area contributed by atoms with E-state index in [4.69, 9.17) is 0 Å².